The highest BCUT2D eigenvalue weighted by Gasteiger charge is 2.35. The molecule has 1 fully saturated rings. The van der Waals surface area contributed by atoms with Crippen molar-refractivity contribution in [2.45, 2.75) is 56.5 Å². The van der Waals surface area contributed by atoms with Crippen LogP contribution in [0.1, 0.15) is 49.1 Å². The van der Waals surface area contributed by atoms with Gasteiger partial charge in [0.05, 0.1) is 13.0 Å². The van der Waals surface area contributed by atoms with Gasteiger partial charge in [-0.05, 0) is 50.2 Å². The number of rotatable bonds is 3. The van der Waals surface area contributed by atoms with Gasteiger partial charge in [0.2, 0.25) is 5.91 Å². The molecule has 3 rings (SSSR count). The molecule has 128 valence electrons. The first-order valence-electron chi connectivity index (χ1n) is 8.30. The molecular formula is C18H27ClN2O2. The molecule has 0 aromatic heterocycles. The quantitative estimate of drug-likeness (QED) is 0.922. The van der Waals surface area contributed by atoms with Crippen molar-refractivity contribution in [1.29, 1.82) is 0 Å². The molecule has 2 N–H and O–H groups in total. The van der Waals surface area contributed by atoms with Gasteiger partial charge in [0.1, 0.15) is 5.75 Å². The van der Waals surface area contributed by atoms with Gasteiger partial charge >= 0.3 is 0 Å². The van der Waals surface area contributed by atoms with Crippen LogP contribution in [0, 0.1) is 0 Å². The molecule has 0 aliphatic heterocycles. The van der Waals surface area contributed by atoms with Gasteiger partial charge in [-0.3, -0.25) is 4.79 Å². The second-order valence-corrected chi connectivity index (χ2v) is 6.64. The van der Waals surface area contributed by atoms with Gasteiger partial charge in [0, 0.05) is 24.7 Å². The molecule has 1 atom stereocenters. The maximum Gasteiger partial charge on any atom is 0.230 e. The maximum atomic E-state index is 13.0. The van der Waals surface area contributed by atoms with Crippen LogP contribution >= 0.6 is 12.4 Å². The predicted molar refractivity (Wildman–Crippen MR) is 94.3 cm³/mol. The Morgan fingerprint density at radius 3 is 2.57 bits per heavy atom. The van der Waals surface area contributed by atoms with Gasteiger partial charge in [-0.2, -0.15) is 0 Å². The van der Waals surface area contributed by atoms with Crippen LogP contribution in [-0.4, -0.2) is 37.0 Å². The van der Waals surface area contributed by atoms with Gasteiger partial charge in [0.15, 0.2) is 0 Å². The van der Waals surface area contributed by atoms with E-state index < -0.39 is 0 Å². The Kier molecular flexibility index (Phi) is 5.93. The van der Waals surface area contributed by atoms with Crippen molar-refractivity contribution in [3.8, 4) is 5.75 Å². The highest BCUT2D eigenvalue weighted by molar-refractivity contribution is 5.86. The van der Waals surface area contributed by atoms with Crippen LogP contribution in [0.2, 0.25) is 0 Å². The number of carbonyl (C=O) groups is 1. The third-order valence-electron chi connectivity index (χ3n) is 5.36. The minimum Gasteiger partial charge on any atom is -0.496 e. The SMILES string of the molecule is COc1cccc2c1[C@H](C(=O)N(C)C1CCC(N)CC1)CC2.Cl. The lowest BCUT2D eigenvalue weighted by atomic mass is 9.89. The zero-order valence-corrected chi connectivity index (χ0v) is 14.8. The van der Waals surface area contributed by atoms with Gasteiger partial charge in [-0.1, -0.05) is 12.1 Å². The summed E-state index contributed by atoms with van der Waals surface area (Å²) in [5.74, 6) is 1.04. The number of halogens is 1. The number of ether oxygens (including phenoxy) is 1. The summed E-state index contributed by atoms with van der Waals surface area (Å²) in [6, 6.07) is 6.74. The molecule has 0 bridgehead atoms. The molecule has 0 saturated heterocycles. The Hall–Kier alpha value is -1.26. The zero-order chi connectivity index (χ0) is 15.7. The third-order valence-corrected chi connectivity index (χ3v) is 5.36. The second kappa shape index (κ2) is 7.54. The van der Waals surface area contributed by atoms with Crippen molar-refractivity contribution in [2.24, 2.45) is 5.73 Å². The summed E-state index contributed by atoms with van der Waals surface area (Å²) in [5.41, 5.74) is 8.34. The number of nitrogens with two attached hydrogens (primary N) is 1. The van der Waals surface area contributed by atoms with E-state index in [2.05, 4.69) is 6.07 Å². The molecule has 0 heterocycles. The Balaban J connectivity index is 0.00000192. The maximum absolute atomic E-state index is 13.0. The molecule has 1 amide bonds. The number of carbonyl (C=O) groups excluding carboxylic acids is 1. The minimum absolute atomic E-state index is 0. The fourth-order valence-corrected chi connectivity index (χ4v) is 3.99. The molecule has 4 nitrogen and oxygen atoms in total. The summed E-state index contributed by atoms with van der Waals surface area (Å²) in [6.07, 6.45) is 5.95. The van der Waals surface area contributed by atoms with E-state index in [1.54, 1.807) is 7.11 Å². The molecule has 5 heteroatoms. The van der Waals surface area contributed by atoms with Crippen molar-refractivity contribution in [3.05, 3.63) is 29.3 Å². The number of nitrogens with zero attached hydrogens (tertiary/aromatic N) is 1. The average molecular weight is 339 g/mol. The summed E-state index contributed by atoms with van der Waals surface area (Å²) >= 11 is 0. The van der Waals surface area contributed by atoms with Gasteiger partial charge in [0.25, 0.3) is 0 Å². The lowest BCUT2D eigenvalue weighted by Crippen LogP contribution is -2.43. The lowest BCUT2D eigenvalue weighted by molar-refractivity contribution is -0.134. The number of likely N-dealkylation sites (N-methyl/N-ethyl adjacent to an activating group) is 1. The van der Waals surface area contributed by atoms with Crippen LogP contribution in [0.15, 0.2) is 18.2 Å². The number of methoxy groups -OCH3 is 1. The van der Waals surface area contributed by atoms with E-state index in [4.69, 9.17) is 10.5 Å². The normalized spacial score (nSPS) is 26.1. The summed E-state index contributed by atoms with van der Waals surface area (Å²) < 4.78 is 5.49. The lowest BCUT2D eigenvalue weighted by Gasteiger charge is -2.35. The molecule has 1 saturated carbocycles. The van der Waals surface area contributed by atoms with Crippen molar-refractivity contribution < 1.29 is 9.53 Å². The fourth-order valence-electron chi connectivity index (χ4n) is 3.99. The highest BCUT2D eigenvalue weighted by Crippen LogP contribution is 2.41. The number of amides is 1. The molecule has 2 aliphatic rings. The van der Waals surface area contributed by atoms with E-state index in [1.165, 1.54) is 5.56 Å². The van der Waals surface area contributed by atoms with E-state index in [-0.39, 0.29) is 24.2 Å². The van der Waals surface area contributed by atoms with Crippen molar-refractivity contribution in [2.75, 3.05) is 14.2 Å². The molecule has 1 aromatic rings. The first kappa shape index (κ1) is 18.1. The first-order valence-corrected chi connectivity index (χ1v) is 8.30. The standard InChI is InChI=1S/C18H26N2O2.ClH/c1-20(14-9-7-13(19)8-10-14)18(21)15-11-6-12-4-3-5-16(22-2)17(12)15;/h3-5,13-15H,6-11,19H2,1-2H3;1H/t13?,14?,15-;/m1./s1. The van der Waals surface area contributed by atoms with Crippen LogP contribution in [0.4, 0.5) is 0 Å². The summed E-state index contributed by atoms with van der Waals surface area (Å²) in [4.78, 5) is 15.0. The molecule has 0 radical (unpaired) electrons. The number of hydrogen-bond acceptors (Lipinski definition) is 3. The van der Waals surface area contributed by atoms with Crippen LogP contribution in [0.25, 0.3) is 0 Å². The van der Waals surface area contributed by atoms with Crippen molar-refractivity contribution >= 4 is 18.3 Å². The Morgan fingerprint density at radius 2 is 1.91 bits per heavy atom. The smallest absolute Gasteiger partial charge is 0.230 e. The Bertz CT molecular complexity index is 556. The van der Waals surface area contributed by atoms with Crippen molar-refractivity contribution in [3.63, 3.8) is 0 Å². The molecule has 0 unspecified atom stereocenters. The summed E-state index contributed by atoms with van der Waals surface area (Å²) in [6.45, 7) is 0. The second-order valence-electron chi connectivity index (χ2n) is 6.64. The van der Waals surface area contributed by atoms with Gasteiger partial charge < -0.3 is 15.4 Å². The van der Waals surface area contributed by atoms with Gasteiger partial charge in [-0.15, -0.1) is 12.4 Å². The molecule has 0 spiro atoms. The summed E-state index contributed by atoms with van der Waals surface area (Å²) in [5, 5.41) is 0. The number of hydrogen-bond donors (Lipinski definition) is 1. The Morgan fingerprint density at radius 1 is 1.22 bits per heavy atom. The van der Waals surface area contributed by atoms with Crippen LogP contribution < -0.4 is 10.5 Å². The van der Waals surface area contributed by atoms with E-state index in [0.29, 0.717) is 12.1 Å². The minimum atomic E-state index is -0.0493. The van der Waals surface area contributed by atoms with Crippen LogP contribution in [-0.2, 0) is 11.2 Å². The van der Waals surface area contributed by atoms with E-state index in [0.717, 1.165) is 49.8 Å². The van der Waals surface area contributed by atoms with E-state index in [1.807, 2.05) is 24.1 Å². The average Bonchev–Trinajstić information content (AvgIpc) is 2.98. The molecule has 23 heavy (non-hydrogen) atoms. The molecule has 2 aliphatic carbocycles. The first-order chi connectivity index (χ1) is 10.6. The fraction of sp³-hybridized carbons (Fsp3) is 0.611. The largest absolute Gasteiger partial charge is 0.496 e. The van der Waals surface area contributed by atoms with E-state index >= 15 is 0 Å². The highest BCUT2D eigenvalue weighted by atomic mass is 35.5. The predicted octanol–water partition coefficient (Wildman–Crippen LogP) is 2.88. The number of fused-ring (bicyclic) bond motifs is 1. The van der Waals surface area contributed by atoms with Gasteiger partial charge in [-0.25, -0.2) is 0 Å². The van der Waals surface area contributed by atoms with Crippen LogP contribution in [0.3, 0.4) is 0 Å². The Labute approximate surface area is 144 Å². The van der Waals surface area contributed by atoms with Crippen LogP contribution in [0.5, 0.6) is 5.75 Å². The van der Waals surface area contributed by atoms with E-state index in [9.17, 15) is 4.79 Å². The number of aryl methyl sites for hydroxylation is 1. The topological polar surface area (TPSA) is 55.6 Å². The summed E-state index contributed by atoms with van der Waals surface area (Å²) in [7, 11) is 3.64. The number of benzene rings is 1. The monoisotopic (exact) mass is 338 g/mol. The zero-order valence-electron chi connectivity index (χ0n) is 14.0. The third kappa shape index (κ3) is 3.48. The molecular weight excluding hydrogens is 312 g/mol. The molecule has 1 aromatic carbocycles. The van der Waals surface area contributed by atoms with Crippen molar-refractivity contribution in [1.82, 2.24) is 4.90 Å².